The Labute approximate surface area is 120 Å². The molecule has 2 amide bonds. The molecule has 2 heterocycles. The fourth-order valence-electron chi connectivity index (χ4n) is 1.69. The molecule has 1 saturated heterocycles. The van der Waals surface area contributed by atoms with Crippen LogP contribution in [0.2, 0.25) is 0 Å². The molecule has 20 heavy (non-hydrogen) atoms. The van der Waals surface area contributed by atoms with E-state index in [4.69, 9.17) is 21.7 Å². The standard InChI is InChI=1S/C13H12N2O4S/c1-2-5-15-12(18)10(11(17)14-13(15)20)6-8-3-4-9(7-16)19-8/h2-4,6,16H,1,5,7H2,(H,14,17,20)/b10-6-. The fourth-order valence-corrected chi connectivity index (χ4v) is 1.94. The first-order chi connectivity index (χ1) is 9.56. The largest absolute Gasteiger partial charge is 0.459 e. The van der Waals surface area contributed by atoms with E-state index in [0.29, 0.717) is 11.5 Å². The van der Waals surface area contributed by atoms with Crippen LogP contribution in [0.15, 0.2) is 34.8 Å². The second kappa shape index (κ2) is 5.81. The Balaban J connectivity index is 2.33. The Morgan fingerprint density at radius 3 is 2.80 bits per heavy atom. The zero-order valence-corrected chi connectivity index (χ0v) is 11.3. The molecule has 0 spiro atoms. The summed E-state index contributed by atoms with van der Waals surface area (Å²) in [6.07, 6.45) is 2.82. The quantitative estimate of drug-likeness (QED) is 0.367. The summed E-state index contributed by atoms with van der Waals surface area (Å²) in [4.78, 5) is 25.2. The summed E-state index contributed by atoms with van der Waals surface area (Å²) in [5.41, 5.74) is -0.0840. The predicted octanol–water partition coefficient (Wildman–Crippen LogP) is 0.585. The van der Waals surface area contributed by atoms with Gasteiger partial charge in [0.2, 0.25) is 0 Å². The third kappa shape index (κ3) is 2.68. The molecule has 0 aliphatic carbocycles. The van der Waals surface area contributed by atoms with Crippen molar-refractivity contribution < 1.29 is 19.1 Å². The SMILES string of the molecule is C=CCN1C(=O)/C(=C\c2ccc(CO)o2)C(=O)NC1=S. The van der Waals surface area contributed by atoms with Gasteiger partial charge >= 0.3 is 0 Å². The van der Waals surface area contributed by atoms with Crippen LogP contribution in [-0.2, 0) is 16.2 Å². The summed E-state index contributed by atoms with van der Waals surface area (Å²) in [7, 11) is 0. The van der Waals surface area contributed by atoms with E-state index in [1.54, 1.807) is 12.1 Å². The summed E-state index contributed by atoms with van der Waals surface area (Å²) < 4.78 is 5.22. The van der Waals surface area contributed by atoms with E-state index in [1.807, 2.05) is 0 Å². The molecule has 1 aliphatic rings. The molecule has 2 rings (SSSR count). The van der Waals surface area contributed by atoms with Crippen LogP contribution in [0, 0.1) is 0 Å². The van der Waals surface area contributed by atoms with E-state index in [1.165, 1.54) is 17.1 Å². The summed E-state index contributed by atoms with van der Waals surface area (Å²) in [6, 6.07) is 3.12. The number of carbonyl (C=O) groups is 2. The first kappa shape index (κ1) is 14.2. The van der Waals surface area contributed by atoms with Gasteiger partial charge in [0.15, 0.2) is 5.11 Å². The lowest BCUT2D eigenvalue weighted by Gasteiger charge is -2.27. The molecular weight excluding hydrogens is 280 g/mol. The molecule has 0 atom stereocenters. The monoisotopic (exact) mass is 292 g/mol. The molecule has 1 aliphatic heterocycles. The summed E-state index contributed by atoms with van der Waals surface area (Å²) in [6.45, 7) is 3.48. The summed E-state index contributed by atoms with van der Waals surface area (Å²) >= 11 is 4.93. The maximum atomic E-state index is 12.2. The van der Waals surface area contributed by atoms with Gasteiger partial charge in [-0.3, -0.25) is 19.8 Å². The van der Waals surface area contributed by atoms with Gasteiger partial charge < -0.3 is 9.52 Å². The van der Waals surface area contributed by atoms with E-state index < -0.39 is 11.8 Å². The fraction of sp³-hybridized carbons (Fsp3) is 0.154. The molecule has 1 aromatic heterocycles. The highest BCUT2D eigenvalue weighted by Gasteiger charge is 2.32. The zero-order valence-electron chi connectivity index (χ0n) is 10.5. The summed E-state index contributed by atoms with van der Waals surface area (Å²) in [5.74, 6) is -0.444. The van der Waals surface area contributed by atoms with E-state index in [-0.39, 0.29) is 23.8 Å². The maximum Gasteiger partial charge on any atom is 0.266 e. The van der Waals surface area contributed by atoms with Crippen molar-refractivity contribution in [1.29, 1.82) is 0 Å². The number of hydrogen-bond donors (Lipinski definition) is 2. The van der Waals surface area contributed by atoms with Crippen LogP contribution in [0.25, 0.3) is 6.08 Å². The van der Waals surface area contributed by atoms with Crippen molar-refractivity contribution in [3.8, 4) is 0 Å². The van der Waals surface area contributed by atoms with Crippen LogP contribution in [-0.4, -0.2) is 33.5 Å². The van der Waals surface area contributed by atoms with E-state index in [0.717, 1.165) is 0 Å². The Morgan fingerprint density at radius 1 is 1.45 bits per heavy atom. The average molecular weight is 292 g/mol. The van der Waals surface area contributed by atoms with Crippen LogP contribution in [0.5, 0.6) is 0 Å². The third-order valence-electron chi connectivity index (χ3n) is 2.62. The number of aliphatic hydroxyl groups excluding tert-OH is 1. The van der Waals surface area contributed by atoms with Crippen LogP contribution < -0.4 is 5.32 Å². The number of rotatable bonds is 4. The molecule has 104 valence electrons. The van der Waals surface area contributed by atoms with E-state index in [9.17, 15) is 9.59 Å². The van der Waals surface area contributed by atoms with Crippen molar-refractivity contribution in [3.63, 3.8) is 0 Å². The first-order valence-corrected chi connectivity index (χ1v) is 6.17. The number of nitrogens with one attached hydrogen (secondary N) is 1. The van der Waals surface area contributed by atoms with Crippen molar-refractivity contribution in [1.82, 2.24) is 10.2 Å². The van der Waals surface area contributed by atoms with Crippen molar-refractivity contribution in [2.75, 3.05) is 6.54 Å². The van der Waals surface area contributed by atoms with Crippen molar-refractivity contribution in [3.05, 3.63) is 41.9 Å². The number of hydrogen-bond acceptors (Lipinski definition) is 5. The second-order valence-electron chi connectivity index (χ2n) is 3.98. The van der Waals surface area contributed by atoms with Gasteiger partial charge in [-0.1, -0.05) is 6.08 Å². The van der Waals surface area contributed by atoms with Gasteiger partial charge in [-0.05, 0) is 30.4 Å². The molecule has 7 heteroatoms. The van der Waals surface area contributed by atoms with Gasteiger partial charge in [0, 0.05) is 6.54 Å². The van der Waals surface area contributed by atoms with Gasteiger partial charge in [0.25, 0.3) is 11.8 Å². The molecule has 1 fully saturated rings. The Kier molecular flexibility index (Phi) is 4.11. The molecule has 6 nitrogen and oxygen atoms in total. The number of nitrogens with zero attached hydrogens (tertiary/aromatic N) is 1. The van der Waals surface area contributed by atoms with Crippen molar-refractivity contribution in [2.45, 2.75) is 6.61 Å². The van der Waals surface area contributed by atoms with Gasteiger partial charge in [0.1, 0.15) is 23.7 Å². The molecule has 0 bridgehead atoms. The lowest BCUT2D eigenvalue weighted by molar-refractivity contribution is -0.128. The predicted molar refractivity (Wildman–Crippen MR) is 75.3 cm³/mol. The smallest absolute Gasteiger partial charge is 0.266 e. The van der Waals surface area contributed by atoms with Crippen LogP contribution in [0.3, 0.4) is 0 Å². The van der Waals surface area contributed by atoms with Crippen LogP contribution in [0.1, 0.15) is 11.5 Å². The minimum atomic E-state index is -0.581. The minimum absolute atomic E-state index is 0.0487. The highest BCUT2D eigenvalue weighted by molar-refractivity contribution is 7.80. The minimum Gasteiger partial charge on any atom is -0.459 e. The van der Waals surface area contributed by atoms with Gasteiger partial charge in [-0.2, -0.15) is 0 Å². The molecule has 0 saturated carbocycles. The first-order valence-electron chi connectivity index (χ1n) is 5.76. The average Bonchev–Trinajstić information content (AvgIpc) is 2.87. The van der Waals surface area contributed by atoms with Crippen LogP contribution >= 0.6 is 12.2 Å². The number of amides is 2. The van der Waals surface area contributed by atoms with Gasteiger partial charge in [-0.15, -0.1) is 6.58 Å². The Morgan fingerprint density at radius 2 is 2.20 bits per heavy atom. The molecule has 2 N–H and O–H groups in total. The molecular formula is C13H12N2O4S. The number of furan rings is 1. The van der Waals surface area contributed by atoms with Crippen LogP contribution in [0.4, 0.5) is 0 Å². The summed E-state index contributed by atoms with van der Waals surface area (Å²) in [5, 5.41) is 11.4. The lowest BCUT2D eigenvalue weighted by Crippen LogP contribution is -2.53. The molecule has 1 aromatic rings. The second-order valence-corrected chi connectivity index (χ2v) is 4.37. The normalized spacial score (nSPS) is 17.6. The topological polar surface area (TPSA) is 82.8 Å². The van der Waals surface area contributed by atoms with Crippen molar-refractivity contribution in [2.24, 2.45) is 0 Å². The Hall–Kier alpha value is -2.25. The Bertz CT molecular complexity index is 618. The maximum absolute atomic E-state index is 12.2. The van der Waals surface area contributed by atoms with E-state index in [2.05, 4.69) is 11.9 Å². The molecule has 0 aromatic carbocycles. The zero-order chi connectivity index (χ0) is 14.7. The molecule has 0 radical (unpaired) electrons. The van der Waals surface area contributed by atoms with Gasteiger partial charge in [0.05, 0.1) is 0 Å². The number of aliphatic hydroxyl groups is 1. The molecule has 0 unspecified atom stereocenters. The number of thiocarbonyl (C=S) groups is 1. The lowest BCUT2D eigenvalue weighted by atomic mass is 10.1. The third-order valence-corrected chi connectivity index (χ3v) is 2.94. The van der Waals surface area contributed by atoms with E-state index >= 15 is 0 Å². The van der Waals surface area contributed by atoms with Gasteiger partial charge in [-0.25, -0.2) is 0 Å². The highest BCUT2D eigenvalue weighted by Crippen LogP contribution is 2.16. The number of carbonyl (C=O) groups excluding carboxylic acids is 2. The van der Waals surface area contributed by atoms with Crippen molar-refractivity contribution >= 4 is 35.2 Å². The highest BCUT2D eigenvalue weighted by atomic mass is 32.1.